The van der Waals surface area contributed by atoms with Gasteiger partial charge in [-0.05, 0) is 46.6 Å². The van der Waals surface area contributed by atoms with E-state index in [0.29, 0.717) is 12.4 Å². The molecule has 0 fully saturated rings. The number of pyridine rings is 1. The zero-order valence-corrected chi connectivity index (χ0v) is 12.9. The van der Waals surface area contributed by atoms with E-state index in [-0.39, 0.29) is 5.82 Å². The molecule has 0 amide bonds. The van der Waals surface area contributed by atoms with Crippen molar-refractivity contribution in [3.63, 3.8) is 0 Å². The standard InChI is InChI=1S/C13H11BrFNO.C2H6/c1-9-4-5-10(15)7-13(9)17-8-12-11(14)3-2-6-16-12;1-2/h2-7H,8H2,1H3;1-2H3. The predicted molar refractivity (Wildman–Crippen MR) is 78.8 cm³/mol. The molecule has 0 N–H and O–H groups in total. The van der Waals surface area contributed by atoms with Crippen LogP contribution in [0.25, 0.3) is 0 Å². The zero-order valence-electron chi connectivity index (χ0n) is 11.3. The summed E-state index contributed by atoms with van der Waals surface area (Å²) < 4.78 is 19.5. The average molecular weight is 326 g/mol. The van der Waals surface area contributed by atoms with E-state index in [4.69, 9.17) is 4.74 Å². The van der Waals surface area contributed by atoms with Gasteiger partial charge in [0.05, 0.1) is 5.69 Å². The Hall–Kier alpha value is -1.42. The van der Waals surface area contributed by atoms with Gasteiger partial charge in [0.25, 0.3) is 0 Å². The minimum Gasteiger partial charge on any atom is -0.487 e. The molecule has 0 aliphatic rings. The van der Waals surface area contributed by atoms with E-state index in [1.54, 1.807) is 12.3 Å². The van der Waals surface area contributed by atoms with Gasteiger partial charge in [0.2, 0.25) is 0 Å². The van der Waals surface area contributed by atoms with Gasteiger partial charge in [0.15, 0.2) is 0 Å². The Labute approximate surface area is 121 Å². The van der Waals surface area contributed by atoms with Crippen LogP contribution in [-0.2, 0) is 6.61 Å². The third-order valence-electron chi connectivity index (χ3n) is 2.35. The summed E-state index contributed by atoms with van der Waals surface area (Å²) in [6.07, 6.45) is 1.70. The highest BCUT2D eigenvalue weighted by atomic mass is 79.9. The molecule has 2 aromatic rings. The largest absolute Gasteiger partial charge is 0.487 e. The first kappa shape index (κ1) is 15.6. The van der Waals surface area contributed by atoms with Crippen LogP contribution < -0.4 is 4.74 Å². The summed E-state index contributed by atoms with van der Waals surface area (Å²) in [6.45, 7) is 6.19. The van der Waals surface area contributed by atoms with Gasteiger partial charge in [-0.15, -0.1) is 0 Å². The van der Waals surface area contributed by atoms with Crippen molar-refractivity contribution in [3.8, 4) is 5.75 Å². The van der Waals surface area contributed by atoms with E-state index in [2.05, 4.69) is 20.9 Å². The van der Waals surface area contributed by atoms with E-state index in [1.807, 2.05) is 32.9 Å². The summed E-state index contributed by atoms with van der Waals surface area (Å²) >= 11 is 3.39. The molecule has 1 aromatic carbocycles. The van der Waals surface area contributed by atoms with Crippen molar-refractivity contribution in [2.24, 2.45) is 0 Å². The summed E-state index contributed by atoms with van der Waals surface area (Å²) in [6, 6.07) is 8.22. The van der Waals surface area contributed by atoms with E-state index < -0.39 is 0 Å². The quantitative estimate of drug-likeness (QED) is 0.800. The highest BCUT2D eigenvalue weighted by Crippen LogP contribution is 2.21. The molecule has 2 nitrogen and oxygen atoms in total. The molecule has 0 saturated carbocycles. The molecule has 0 aliphatic heterocycles. The minimum atomic E-state index is -0.300. The fourth-order valence-corrected chi connectivity index (χ4v) is 1.77. The molecule has 102 valence electrons. The van der Waals surface area contributed by atoms with Gasteiger partial charge in [-0.2, -0.15) is 0 Å². The van der Waals surface area contributed by atoms with Crippen LogP contribution in [0.15, 0.2) is 41.0 Å². The Morgan fingerprint density at radius 3 is 2.68 bits per heavy atom. The SMILES string of the molecule is CC.Cc1ccc(F)cc1OCc1ncccc1Br. The number of halogens is 2. The number of benzene rings is 1. The lowest BCUT2D eigenvalue weighted by molar-refractivity contribution is 0.297. The second-order valence-electron chi connectivity index (χ2n) is 3.63. The number of nitrogens with zero attached hydrogens (tertiary/aromatic N) is 1. The van der Waals surface area contributed by atoms with Crippen LogP contribution in [-0.4, -0.2) is 4.98 Å². The topological polar surface area (TPSA) is 22.1 Å². The van der Waals surface area contributed by atoms with Gasteiger partial charge in [0, 0.05) is 16.7 Å². The van der Waals surface area contributed by atoms with E-state index >= 15 is 0 Å². The summed E-state index contributed by atoms with van der Waals surface area (Å²) in [4.78, 5) is 4.18. The Morgan fingerprint density at radius 2 is 2.00 bits per heavy atom. The molecule has 0 atom stereocenters. The van der Waals surface area contributed by atoms with Crippen LogP contribution in [0.3, 0.4) is 0 Å². The summed E-state index contributed by atoms with van der Waals surface area (Å²) in [5.74, 6) is 0.244. The third kappa shape index (κ3) is 4.63. The lowest BCUT2D eigenvalue weighted by Gasteiger charge is -2.09. The van der Waals surface area contributed by atoms with Gasteiger partial charge < -0.3 is 4.74 Å². The van der Waals surface area contributed by atoms with Crippen LogP contribution in [0, 0.1) is 12.7 Å². The number of aryl methyl sites for hydroxylation is 1. The molecule has 0 unspecified atom stereocenters. The molecule has 0 radical (unpaired) electrons. The lowest BCUT2D eigenvalue weighted by Crippen LogP contribution is -2.00. The average Bonchev–Trinajstić information content (AvgIpc) is 2.44. The zero-order chi connectivity index (χ0) is 14.3. The Morgan fingerprint density at radius 1 is 1.26 bits per heavy atom. The van der Waals surface area contributed by atoms with Crippen LogP contribution >= 0.6 is 15.9 Å². The first-order valence-corrected chi connectivity index (χ1v) is 6.94. The molecular formula is C15H17BrFNO. The smallest absolute Gasteiger partial charge is 0.131 e. The molecule has 1 heterocycles. The molecule has 0 bridgehead atoms. The number of hydrogen-bond donors (Lipinski definition) is 0. The van der Waals surface area contributed by atoms with Crippen molar-refractivity contribution in [1.82, 2.24) is 4.98 Å². The third-order valence-corrected chi connectivity index (χ3v) is 3.07. The van der Waals surface area contributed by atoms with E-state index in [1.165, 1.54) is 12.1 Å². The van der Waals surface area contributed by atoms with Gasteiger partial charge in [-0.1, -0.05) is 19.9 Å². The highest BCUT2D eigenvalue weighted by Gasteiger charge is 2.04. The Bertz CT molecular complexity index is 531. The monoisotopic (exact) mass is 325 g/mol. The van der Waals surface area contributed by atoms with Crippen molar-refractivity contribution < 1.29 is 9.13 Å². The second kappa shape index (κ2) is 7.89. The number of rotatable bonds is 3. The first-order valence-electron chi connectivity index (χ1n) is 6.15. The Balaban J connectivity index is 0.000000861. The maximum atomic E-state index is 13.0. The molecular weight excluding hydrogens is 309 g/mol. The van der Waals surface area contributed by atoms with Crippen LogP contribution in [0.5, 0.6) is 5.75 Å². The van der Waals surface area contributed by atoms with E-state index in [0.717, 1.165) is 15.7 Å². The summed E-state index contributed by atoms with van der Waals surface area (Å²) in [5, 5.41) is 0. The molecule has 0 aliphatic carbocycles. The number of hydrogen-bond acceptors (Lipinski definition) is 2. The van der Waals surface area contributed by atoms with Gasteiger partial charge in [-0.25, -0.2) is 4.39 Å². The molecule has 0 spiro atoms. The normalized spacial score (nSPS) is 9.53. The molecule has 2 rings (SSSR count). The fourth-order valence-electron chi connectivity index (χ4n) is 1.40. The maximum Gasteiger partial charge on any atom is 0.131 e. The van der Waals surface area contributed by atoms with Crippen molar-refractivity contribution >= 4 is 15.9 Å². The fraction of sp³-hybridized carbons (Fsp3) is 0.267. The van der Waals surface area contributed by atoms with Crippen LogP contribution in [0.1, 0.15) is 25.1 Å². The lowest BCUT2D eigenvalue weighted by atomic mass is 10.2. The van der Waals surface area contributed by atoms with Crippen molar-refractivity contribution in [2.45, 2.75) is 27.4 Å². The first-order chi connectivity index (χ1) is 9.16. The maximum absolute atomic E-state index is 13.0. The molecule has 1 aromatic heterocycles. The number of ether oxygens (including phenoxy) is 1. The highest BCUT2D eigenvalue weighted by molar-refractivity contribution is 9.10. The van der Waals surface area contributed by atoms with Crippen molar-refractivity contribution in [3.05, 3.63) is 58.1 Å². The molecule has 19 heavy (non-hydrogen) atoms. The van der Waals surface area contributed by atoms with Crippen molar-refractivity contribution in [1.29, 1.82) is 0 Å². The minimum absolute atomic E-state index is 0.300. The van der Waals surface area contributed by atoms with Gasteiger partial charge >= 0.3 is 0 Å². The van der Waals surface area contributed by atoms with Gasteiger partial charge in [0.1, 0.15) is 18.2 Å². The predicted octanol–water partition coefficient (Wildman–Crippen LogP) is 4.90. The van der Waals surface area contributed by atoms with E-state index in [9.17, 15) is 4.39 Å². The second-order valence-corrected chi connectivity index (χ2v) is 4.48. The molecule has 0 saturated heterocycles. The van der Waals surface area contributed by atoms with Crippen molar-refractivity contribution in [2.75, 3.05) is 0 Å². The van der Waals surface area contributed by atoms with Gasteiger partial charge in [-0.3, -0.25) is 4.98 Å². The van der Waals surface area contributed by atoms with Crippen LogP contribution in [0.2, 0.25) is 0 Å². The number of aromatic nitrogens is 1. The summed E-state index contributed by atoms with van der Waals surface area (Å²) in [7, 11) is 0. The molecule has 4 heteroatoms. The van der Waals surface area contributed by atoms with Crippen LogP contribution in [0.4, 0.5) is 4.39 Å². The summed E-state index contributed by atoms with van der Waals surface area (Å²) in [5.41, 5.74) is 1.69. The Kier molecular flexibility index (Phi) is 6.50.